The number of methoxy groups -OCH3 is 2. The van der Waals surface area contributed by atoms with Gasteiger partial charge in [0.2, 0.25) is 0 Å². The first-order chi connectivity index (χ1) is 13.3. The van der Waals surface area contributed by atoms with Crippen LogP contribution in [0.2, 0.25) is 0 Å². The number of aromatic hydroxyl groups is 1. The van der Waals surface area contributed by atoms with Gasteiger partial charge < -0.3 is 29.5 Å². The first-order valence-corrected chi connectivity index (χ1v) is 8.72. The second kappa shape index (κ2) is 9.38. The summed E-state index contributed by atoms with van der Waals surface area (Å²) in [5.74, 6) is -1.39. The van der Waals surface area contributed by atoms with Gasteiger partial charge in [-0.3, -0.25) is 4.79 Å². The number of benzene rings is 1. The number of hydrogen-bond donors (Lipinski definition) is 3. The molecule has 2 rings (SSSR count). The fraction of sp³-hybridized carbons (Fsp3) is 0.400. The fourth-order valence-corrected chi connectivity index (χ4v) is 2.79. The summed E-state index contributed by atoms with van der Waals surface area (Å²) >= 11 is 0. The highest BCUT2D eigenvalue weighted by Gasteiger charge is 2.26. The molecule has 0 fully saturated rings. The molecule has 152 valence electrons. The zero-order valence-electron chi connectivity index (χ0n) is 15.9. The molecule has 1 aromatic carbocycles. The van der Waals surface area contributed by atoms with Gasteiger partial charge in [-0.15, -0.1) is 0 Å². The van der Waals surface area contributed by atoms with Crippen LogP contribution in [-0.2, 0) is 9.53 Å². The fourth-order valence-electron chi connectivity index (χ4n) is 2.79. The van der Waals surface area contributed by atoms with Crippen molar-refractivity contribution in [3.8, 4) is 17.2 Å². The number of fused-ring (bicyclic) bond motifs is 1. The first-order valence-electron chi connectivity index (χ1n) is 8.72. The maximum absolute atomic E-state index is 12.7. The van der Waals surface area contributed by atoms with E-state index in [9.17, 15) is 24.9 Å². The molecule has 1 aliphatic heterocycles. The number of carbonyl (C=O) groups excluding carboxylic acids is 2. The highest BCUT2D eigenvalue weighted by molar-refractivity contribution is 5.98. The van der Waals surface area contributed by atoms with E-state index in [2.05, 4.69) is 0 Å². The van der Waals surface area contributed by atoms with Gasteiger partial charge in [-0.1, -0.05) is 18.2 Å². The molecule has 1 aromatic rings. The van der Waals surface area contributed by atoms with Crippen molar-refractivity contribution < 1.29 is 39.1 Å². The Bertz CT molecular complexity index is 796. The lowest BCUT2D eigenvalue weighted by molar-refractivity contribution is -0.127. The van der Waals surface area contributed by atoms with Gasteiger partial charge in [-0.25, -0.2) is 4.79 Å². The number of aliphatic hydroxyl groups excluding tert-OH is 2. The smallest absolute Gasteiger partial charge is 0.342 e. The Morgan fingerprint density at radius 3 is 2.39 bits per heavy atom. The maximum atomic E-state index is 12.7. The van der Waals surface area contributed by atoms with E-state index in [0.29, 0.717) is 0 Å². The highest BCUT2D eigenvalue weighted by atomic mass is 16.5. The molecule has 0 bridgehead atoms. The molecule has 8 nitrogen and oxygen atoms in total. The van der Waals surface area contributed by atoms with Crippen LogP contribution < -0.4 is 9.47 Å². The van der Waals surface area contributed by atoms with Gasteiger partial charge in [-0.2, -0.15) is 0 Å². The SMILES string of the molecule is COc1cc(O)c2c(c1OC)/C=C/C[C@H](O)[C@H](O)C(=O)/C=C/C[C@H](C)OC2=O. The number of hydrogen-bond acceptors (Lipinski definition) is 8. The van der Waals surface area contributed by atoms with E-state index in [0.717, 1.165) is 6.08 Å². The van der Waals surface area contributed by atoms with Crippen LogP contribution in [0.4, 0.5) is 0 Å². The van der Waals surface area contributed by atoms with E-state index in [1.165, 1.54) is 38.5 Å². The lowest BCUT2D eigenvalue weighted by Gasteiger charge is -2.18. The number of phenolic OH excluding ortho intramolecular Hbond substituents is 1. The summed E-state index contributed by atoms with van der Waals surface area (Å²) in [6, 6.07) is 1.25. The van der Waals surface area contributed by atoms with Crippen LogP contribution in [0.25, 0.3) is 6.08 Å². The molecular weight excluding hydrogens is 368 g/mol. The third-order valence-electron chi connectivity index (χ3n) is 4.27. The predicted molar refractivity (Wildman–Crippen MR) is 101 cm³/mol. The van der Waals surface area contributed by atoms with Crippen LogP contribution >= 0.6 is 0 Å². The largest absolute Gasteiger partial charge is 0.507 e. The number of ketones is 1. The topological polar surface area (TPSA) is 123 Å². The Balaban J connectivity index is 2.58. The molecule has 3 atom stereocenters. The van der Waals surface area contributed by atoms with Crippen LogP contribution in [0.5, 0.6) is 17.2 Å². The molecule has 0 saturated heterocycles. The van der Waals surface area contributed by atoms with Crippen molar-refractivity contribution in [2.24, 2.45) is 0 Å². The van der Waals surface area contributed by atoms with E-state index in [1.807, 2.05) is 0 Å². The number of cyclic esters (lactones) is 1. The van der Waals surface area contributed by atoms with Crippen molar-refractivity contribution in [2.75, 3.05) is 14.2 Å². The van der Waals surface area contributed by atoms with Crippen molar-refractivity contribution in [1.82, 2.24) is 0 Å². The Morgan fingerprint density at radius 2 is 1.75 bits per heavy atom. The third-order valence-corrected chi connectivity index (χ3v) is 4.27. The van der Waals surface area contributed by atoms with Crippen molar-refractivity contribution >= 4 is 17.8 Å². The van der Waals surface area contributed by atoms with E-state index in [4.69, 9.17) is 14.2 Å². The van der Waals surface area contributed by atoms with Gasteiger partial charge >= 0.3 is 5.97 Å². The minimum absolute atomic E-state index is 0.0766. The molecule has 8 heteroatoms. The molecular formula is C20H24O8. The van der Waals surface area contributed by atoms with E-state index in [-0.39, 0.29) is 41.2 Å². The molecule has 0 aromatic heterocycles. The summed E-state index contributed by atoms with van der Waals surface area (Å²) in [5.41, 5.74) is 0.0741. The van der Waals surface area contributed by atoms with Gasteiger partial charge in [0.15, 0.2) is 17.3 Å². The maximum Gasteiger partial charge on any atom is 0.342 e. The summed E-state index contributed by atoms with van der Waals surface area (Å²) in [4.78, 5) is 24.6. The number of rotatable bonds is 2. The normalized spacial score (nSPS) is 25.8. The van der Waals surface area contributed by atoms with Crippen molar-refractivity contribution in [2.45, 2.75) is 38.1 Å². The zero-order chi connectivity index (χ0) is 20.8. The molecule has 0 radical (unpaired) electrons. The molecule has 1 aliphatic rings. The van der Waals surface area contributed by atoms with Gasteiger partial charge in [-0.05, 0) is 19.4 Å². The van der Waals surface area contributed by atoms with Crippen molar-refractivity contribution in [3.05, 3.63) is 35.4 Å². The number of esters is 1. The van der Waals surface area contributed by atoms with Crippen LogP contribution in [0.1, 0.15) is 35.7 Å². The van der Waals surface area contributed by atoms with Crippen LogP contribution in [0.15, 0.2) is 24.3 Å². The van der Waals surface area contributed by atoms with Crippen LogP contribution in [0.3, 0.4) is 0 Å². The van der Waals surface area contributed by atoms with Crippen LogP contribution in [-0.4, -0.2) is 59.6 Å². The van der Waals surface area contributed by atoms with E-state index in [1.54, 1.807) is 6.92 Å². The Morgan fingerprint density at radius 1 is 1.07 bits per heavy atom. The van der Waals surface area contributed by atoms with E-state index < -0.39 is 30.1 Å². The Hall–Kier alpha value is -2.84. The minimum Gasteiger partial charge on any atom is -0.507 e. The Labute approximate surface area is 162 Å². The first kappa shape index (κ1) is 21.5. The summed E-state index contributed by atoms with van der Waals surface area (Å²) in [6.07, 6.45) is 2.09. The van der Waals surface area contributed by atoms with Gasteiger partial charge in [0.05, 0.1) is 20.3 Å². The second-order valence-corrected chi connectivity index (χ2v) is 6.33. The molecule has 3 N–H and O–H groups in total. The van der Waals surface area contributed by atoms with Crippen molar-refractivity contribution in [3.63, 3.8) is 0 Å². The number of phenols is 1. The minimum atomic E-state index is -1.58. The summed E-state index contributed by atoms with van der Waals surface area (Å²) in [7, 11) is 2.76. The third kappa shape index (κ3) is 4.71. The second-order valence-electron chi connectivity index (χ2n) is 6.33. The van der Waals surface area contributed by atoms with Crippen molar-refractivity contribution in [1.29, 1.82) is 0 Å². The zero-order valence-corrected chi connectivity index (χ0v) is 15.9. The predicted octanol–water partition coefficient (Wildman–Crippen LogP) is 1.61. The Kier molecular flexibility index (Phi) is 7.19. The number of ether oxygens (including phenoxy) is 3. The van der Waals surface area contributed by atoms with Gasteiger partial charge in [0.1, 0.15) is 23.5 Å². The quantitative estimate of drug-likeness (QED) is 0.649. The molecule has 0 amide bonds. The van der Waals surface area contributed by atoms with E-state index >= 15 is 0 Å². The molecule has 28 heavy (non-hydrogen) atoms. The highest BCUT2D eigenvalue weighted by Crippen LogP contribution is 2.40. The molecule has 1 heterocycles. The van der Waals surface area contributed by atoms with Gasteiger partial charge in [0.25, 0.3) is 0 Å². The number of aliphatic hydroxyl groups is 2. The average molecular weight is 392 g/mol. The molecule has 0 saturated carbocycles. The van der Waals surface area contributed by atoms with Crippen LogP contribution in [0, 0.1) is 0 Å². The summed E-state index contributed by atoms with van der Waals surface area (Å²) in [5, 5.41) is 30.3. The standard InChI is InChI=1S/C20H24O8/c1-11-6-4-8-13(21)18(24)14(22)9-5-7-12-17(20(25)28-11)15(23)10-16(26-2)19(12)27-3/h4-5,7-8,10-11,14,18,22-24H,6,9H2,1-3H3/b7-5+,8-4+/t11-,14-,18+/m0/s1. The summed E-state index contributed by atoms with van der Waals surface area (Å²) < 4.78 is 15.9. The lowest BCUT2D eigenvalue weighted by Crippen LogP contribution is -2.32. The summed E-state index contributed by atoms with van der Waals surface area (Å²) in [6.45, 7) is 1.62. The molecule has 0 unspecified atom stereocenters. The lowest BCUT2D eigenvalue weighted by atomic mass is 10.0. The number of carbonyl (C=O) groups is 2. The molecule has 0 aliphatic carbocycles. The monoisotopic (exact) mass is 392 g/mol. The van der Waals surface area contributed by atoms with Gasteiger partial charge in [0, 0.05) is 18.1 Å². The molecule has 0 spiro atoms. The average Bonchev–Trinajstić information content (AvgIpc) is 2.65.